The average molecular weight is 401 g/mol. The molecule has 0 aromatic heterocycles. The van der Waals surface area contributed by atoms with Gasteiger partial charge in [0.15, 0.2) is 0 Å². The highest BCUT2D eigenvalue weighted by atomic mass is 35.5. The molecule has 2 aromatic carbocycles. The van der Waals surface area contributed by atoms with E-state index < -0.39 is 15.9 Å². The molecule has 1 N–H and O–H groups in total. The number of carbonyl (C=O) groups is 1. The predicted molar refractivity (Wildman–Crippen MR) is 101 cm³/mol. The highest BCUT2D eigenvalue weighted by molar-refractivity contribution is 7.89. The van der Waals surface area contributed by atoms with Gasteiger partial charge in [0, 0.05) is 24.3 Å². The molecule has 0 aliphatic rings. The summed E-state index contributed by atoms with van der Waals surface area (Å²) >= 11 is 11.8. The zero-order chi connectivity index (χ0) is 18.6. The van der Waals surface area contributed by atoms with Crippen molar-refractivity contribution in [3.05, 3.63) is 58.1 Å². The highest BCUT2D eigenvalue weighted by Gasteiger charge is 2.22. The number of halogens is 2. The van der Waals surface area contributed by atoms with Crippen molar-refractivity contribution in [2.24, 2.45) is 0 Å². The Labute approximate surface area is 157 Å². The number of rotatable bonds is 6. The molecule has 0 saturated heterocycles. The second-order valence-corrected chi connectivity index (χ2v) is 7.95. The molecule has 0 atom stereocenters. The molecule has 0 heterocycles. The van der Waals surface area contributed by atoms with E-state index in [1.807, 2.05) is 0 Å². The molecule has 0 saturated carbocycles. The summed E-state index contributed by atoms with van der Waals surface area (Å²) in [6, 6.07) is 10.6. The third-order valence-electron chi connectivity index (χ3n) is 3.62. The SMILES string of the molecule is CCN(CC)S(=O)(=O)c1cccc(C(=O)Nc2ccc(Cl)c(Cl)c2)c1. The Balaban J connectivity index is 2.28. The number of anilines is 1. The van der Waals surface area contributed by atoms with E-state index >= 15 is 0 Å². The lowest BCUT2D eigenvalue weighted by atomic mass is 10.2. The zero-order valence-corrected chi connectivity index (χ0v) is 16.1. The van der Waals surface area contributed by atoms with Crippen LogP contribution in [0.2, 0.25) is 10.0 Å². The first kappa shape index (κ1) is 19.7. The van der Waals surface area contributed by atoms with Gasteiger partial charge < -0.3 is 5.32 Å². The van der Waals surface area contributed by atoms with Crippen LogP contribution >= 0.6 is 23.2 Å². The molecule has 0 aliphatic heterocycles. The number of nitrogens with zero attached hydrogens (tertiary/aromatic N) is 1. The summed E-state index contributed by atoms with van der Waals surface area (Å²) in [6.07, 6.45) is 0. The topological polar surface area (TPSA) is 66.5 Å². The molecule has 1 amide bonds. The minimum atomic E-state index is -3.63. The standard InChI is InChI=1S/C17H18Cl2N2O3S/c1-3-21(4-2)25(23,24)14-7-5-6-12(10-14)17(22)20-13-8-9-15(18)16(19)11-13/h5-11H,3-4H2,1-2H3,(H,20,22). The van der Waals surface area contributed by atoms with Crippen molar-refractivity contribution >= 4 is 44.8 Å². The monoisotopic (exact) mass is 400 g/mol. The van der Waals surface area contributed by atoms with Gasteiger partial charge in [-0.15, -0.1) is 0 Å². The quantitative estimate of drug-likeness (QED) is 0.786. The van der Waals surface area contributed by atoms with Crippen molar-refractivity contribution in [1.29, 1.82) is 0 Å². The van der Waals surface area contributed by atoms with Crippen LogP contribution in [0.15, 0.2) is 47.4 Å². The summed E-state index contributed by atoms with van der Waals surface area (Å²) < 4.78 is 26.5. The van der Waals surface area contributed by atoms with Gasteiger partial charge in [0.05, 0.1) is 14.9 Å². The van der Waals surface area contributed by atoms with Crippen LogP contribution in [0.3, 0.4) is 0 Å². The van der Waals surface area contributed by atoms with Crippen LogP contribution in [0.1, 0.15) is 24.2 Å². The summed E-state index contributed by atoms with van der Waals surface area (Å²) in [5.74, 6) is -0.435. The lowest BCUT2D eigenvalue weighted by molar-refractivity contribution is 0.102. The van der Waals surface area contributed by atoms with E-state index in [1.165, 1.54) is 22.5 Å². The fraction of sp³-hybridized carbons (Fsp3) is 0.235. The Morgan fingerprint density at radius 1 is 1.04 bits per heavy atom. The summed E-state index contributed by atoms with van der Waals surface area (Å²) in [5.41, 5.74) is 0.704. The predicted octanol–water partition coefficient (Wildman–Crippen LogP) is 4.28. The highest BCUT2D eigenvalue weighted by Crippen LogP contribution is 2.25. The summed E-state index contributed by atoms with van der Waals surface area (Å²) in [7, 11) is -3.63. The van der Waals surface area contributed by atoms with E-state index in [0.29, 0.717) is 28.8 Å². The van der Waals surface area contributed by atoms with E-state index in [2.05, 4.69) is 5.32 Å². The van der Waals surface area contributed by atoms with Gasteiger partial charge >= 0.3 is 0 Å². The van der Waals surface area contributed by atoms with E-state index in [4.69, 9.17) is 23.2 Å². The van der Waals surface area contributed by atoms with E-state index in [9.17, 15) is 13.2 Å². The van der Waals surface area contributed by atoms with Crippen molar-refractivity contribution < 1.29 is 13.2 Å². The van der Waals surface area contributed by atoms with Gasteiger partial charge in [0.2, 0.25) is 10.0 Å². The van der Waals surface area contributed by atoms with Crippen molar-refractivity contribution in [3.63, 3.8) is 0 Å². The van der Waals surface area contributed by atoms with Crippen LogP contribution < -0.4 is 5.32 Å². The molecule has 0 unspecified atom stereocenters. The smallest absolute Gasteiger partial charge is 0.255 e. The summed E-state index contributed by atoms with van der Waals surface area (Å²) in [6.45, 7) is 4.25. The first-order valence-corrected chi connectivity index (χ1v) is 9.85. The van der Waals surface area contributed by atoms with Crippen molar-refractivity contribution in [1.82, 2.24) is 4.31 Å². The number of hydrogen-bond donors (Lipinski definition) is 1. The van der Waals surface area contributed by atoms with Gasteiger partial charge in [-0.2, -0.15) is 4.31 Å². The Kier molecular flexibility index (Phi) is 6.46. The molecule has 0 fully saturated rings. The third kappa shape index (κ3) is 4.52. The molecule has 8 heteroatoms. The lowest BCUT2D eigenvalue weighted by Crippen LogP contribution is -2.30. The molecule has 134 valence electrons. The molecule has 5 nitrogen and oxygen atoms in total. The van der Waals surface area contributed by atoms with Crippen LogP contribution in [-0.4, -0.2) is 31.7 Å². The number of hydrogen-bond acceptors (Lipinski definition) is 3. The average Bonchev–Trinajstić information content (AvgIpc) is 2.59. The van der Waals surface area contributed by atoms with Gasteiger partial charge in [-0.1, -0.05) is 43.1 Å². The third-order valence-corrected chi connectivity index (χ3v) is 6.40. The zero-order valence-electron chi connectivity index (χ0n) is 13.8. The lowest BCUT2D eigenvalue weighted by Gasteiger charge is -2.18. The maximum absolute atomic E-state index is 12.6. The minimum absolute atomic E-state index is 0.0815. The summed E-state index contributed by atoms with van der Waals surface area (Å²) in [4.78, 5) is 12.5. The molecule has 25 heavy (non-hydrogen) atoms. The van der Waals surface area contributed by atoms with E-state index in [-0.39, 0.29) is 10.5 Å². The minimum Gasteiger partial charge on any atom is -0.322 e. The molecular weight excluding hydrogens is 383 g/mol. The van der Waals surface area contributed by atoms with Crippen molar-refractivity contribution in [2.75, 3.05) is 18.4 Å². The number of nitrogens with one attached hydrogen (secondary N) is 1. The molecule has 2 aromatic rings. The molecular formula is C17H18Cl2N2O3S. The second kappa shape index (κ2) is 8.19. The second-order valence-electron chi connectivity index (χ2n) is 5.20. The molecule has 0 bridgehead atoms. The largest absolute Gasteiger partial charge is 0.322 e. The van der Waals surface area contributed by atoms with Crippen LogP contribution in [0.5, 0.6) is 0 Å². The van der Waals surface area contributed by atoms with Crippen LogP contribution in [-0.2, 0) is 10.0 Å². The summed E-state index contributed by atoms with van der Waals surface area (Å²) in [5, 5.41) is 3.37. The van der Waals surface area contributed by atoms with Crippen LogP contribution in [0.4, 0.5) is 5.69 Å². The van der Waals surface area contributed by atoms with E-state index in [1.54, 1.807) is 38.1 Å². The van der Waals surface area contributed by atoms with Gasteiger partial charge in [0.25, 0.3) is 5.91 Å². The number of amides is 1. The normalized spacial score (nSPS) is 11.6. The number of carbonyl (C=O) groups excluding carboxylic acids is 1. The Hall–Kier alpha value is -1.60. The number of sulfonamides is 1. The fourth-order valence-corrected chi connectivity index (χ4v) is 4.09. The van der Waals surface area contributed by atoms with Gasteiger partial charge in [-0.05, 0) is 36.4 Å². The van der Waals surface area contributed by atoms with Crippen LogP contribution in [0, 0.1) is 0 Å². The van der Waals surface area contributed by atoms with Gasteiger partial charge in [-0.3, -0.25) is 4.79 Å². The van der Waals surface area contributed by atoms with E-state index in [0.717, 1.165) is 0 Å². The van der Waals surface area contributed by atoms with Crippen LogP contribution in [0.25, 0.3) is 0 Å². The molecule has 0 radical (unpaired) electrons. The maximum atomic E-state index is 12.6. The Morgan fingerprint density at radius 3 is 2.32 bits per heavy atom. The van der Waals surface area contributed by atoms with Gasteiger partial charge in [-0.25, -0.2) is 8.42 Å². The first-order chi connectivity index (χ1) is 11.8. The first-order valence-electron chi connectivity index (χ1n) is 7.66. The number of benzene rings is 2. The fourth-order valence-electron chi connectivity index (χ4n) is 2.29. The molecule has 2 rings (SSSR count). The molecule has 0 aliphatic carbocycles. The van der Waals surface area contributed by atoms with Gasteiger partial charge in [0.1, 0.15) is 0 Å². The van der Waals surface area contributed by atoms with Crippen molar-refractivity contribution in [2.45, 2.75) is 18.7 Å². The molecule has 0 spiro atoms. The maximum Gasteiger partial charge on any atom is 0.255 e. The Morgan fingerprint density at radius 2 is 1.72 bits per heavy atom. The van der Waals surface area contributed by atoms with Crippen molar-refractivity contribution in [3.8, 4) is 0 Å². The Bertz CT molecular complexity index is 881.